The van der Waals surface area contributed by atoms with Crippen LogP contribution in [0.3, 0.4) is 0 Å². The zero-order valence-electron chi connectivity index (χ0n) is 17.3. The molecule has 2 aromatic rings. The van der Waals surface area contributed by atoms with E-state index in [1.807, 2.05) is 30.3 Å². The van der Waals surface area contributed by atoms with Crippen molar-refractivity contribution < 1.29 is 19.0 Å². The van der Waals surface area contributed by atoms with Crippen molar-refractivity contribution in [1.29, 1.82) is 0 Å². The van der Waals surface area contributed by atoms with Crippen molar-refractivity contribution >= 4 is 5.78 Å². The smallest absolute Gasteiger partial charge is 0.170 e. The van der Waals surface area contributed by atoms with E-state index in [-0.39, 0.29) is 11.4 Å². The molecule has 2 aliphatic rings. The topological polar surface area (TPSA) is 48.0 Å². The molecule has 1 spiro atoms. The number of carbonyl (C=O) groups excluding carboxylic acids is 1. The predicted octanol–water partition coefficient (Wildman–Crippen LogP) is 4.23. The number of rotatable bonds is 5. The van der Waals surface area contributed by atoms with E-state index in [4.69, 9.17) is 14.2 Å². The maximum atomic E-state index is 12.7. The molecule has 1 unspecified atom stereocenters. The Balaban J connectivity index is 1.45. The second kappa shape index (κ2) is 8.56. The van der Waals surface area contributed by atoms with Crippen molar-refractivity contribution in [2.45, 2.75) is 44.4 Å². The maximum absolute atomic E-state index is 12.7. The van der Waals surface area contributed by atoms with Crippen LogP contribution in [-0.2, 0) is 17.9 Å². The second-order valence-electron chi connectivity index (χ2n) is 8.09. The minimum absolute atomic E-state index is 0.208. The fourth-order valence-corrected chi connectivity index (χ4v) is 4.56. The van der Waals surface area contributed by atoms with Crippen molar-refractivity contribution in [3.8, 4) is 11.5 Å². The standard InChI is InChI=1S/C24H29NO4/c1-27-17-19-14-18(8-9-22(19)28-2)16-25-12-5-10-24(11-13-25)15-21(26)20-6-3-4-7-23(20)29-24/h3-4,6-9,14H,5,10-13,15-17H2,1-2H3. The summed E-state index contributed by atoms with van der Waals surface area (Å²) in [6.07, 6.45) is 3.30. The molecule has 2 aliphatic heterocycles. The number of para-hydroxylation sites is 1. The lowest BCUT2D eigenvalue weighted by molar-refractivity contribution is 0.0299. The highest BCUT2D eigenvalue weighted by atomic mass is 16.5. The molecule has 4 rings (SSSR count). The highest BCUT2D eigenvalue weighted by Crippen LogP contribution is 2.39. The molecule has 0 radical (unpaired) electrons. The Labute approximate surface area is 172 Å². The first kappa shape index (κ1) is 19.9. The Kier molecular flexibility index (Phi) is 5.88. The number of nitrogens with zero attached hydrogens (tertiary/aromatic N) is 1. The van der Waals surface area contributed by atoms with Crippen LogP contribution in [0.15, 0.2) is 42.5 Å². The van der Waals surface area contributed by atoms with Crippen molar-refractivity contribution in [2.24, 2.45) is 0 Å². The molecule has 1 saturated heterocycles. The third-order valence-corrected chi connectivity index (χ3v) is 6.04. The molecule has 1 atom stereocenters. The number of hydrogen-bond donors (Lipinski definition) is 0. The van der Waals surface area contributed by atoms with Gasteiger partial charge in [-0.3, -0.25) is 9.69 Å². The number of fused-ring (bicyclic) bond motifs is 1. The van der Waals surface area contributed by atoms with Crippen molar-refractivity contribution in [1.82, 2.24) is 4.90 Å². The first-order chi connectivity index (χ1) is 14.1. The molecule has 0 N–H and O–H groups in total. The van der Waals surface area contributed by atoms with E-state index in [1.54, 1.807) is 14.2 Å². The van der Waals surface area contributed by atoms with E-state index in [1.165, 1.54) is 5.56 Å². The molecule has 0 bridgehead atoms. The quantitative estimate of drug-likeness (QED) is 0.758. The SMILES string of the molecule is COCc1cc(CN2CCCC3(CC2)CC(=O)c2ccccc2O3)ccc1OC. The molecule has 5 nitrogen and oxygen atoms in total. The number of ether oxygens (including phenoxy) is 3. The highest BCUT2D eigenvalue weighted by Gasteiger charge is 2.41. The largest absolute Gasteiger partial charge is 0.496 e. The van der Waals surface area contributed by atoms with E-state index in [0.29, 0.717) is 13.0 Å². The molecule has 154 valence electrons. The van der Waals surface area contributed by atoms with Crippen LogP contribution >= 0.6 is 0 Å². The van der Waals surface area contributed by atoms with Crippen LogP contribution in [0, 0.1) is 0 Å². The van der Waals surface area contributed by atoms with Gasteiger partial charge in [0.1, 0.15) is 17.1 Å². The number of benzene rings is 2. The summed E-state index contributed by atoms with van der Waals surface area (Å²) in [7, 11) is 3.38. The van der Waals surface area contributed by atoms with Crippen LogP contribution in [0.5, 0.6) is 11.5 Å². The average Bonchev–Trinajstić information content (AvgIpc) is 2.91. The Morgan fingerprint density at radius 3 is 2.79 bits per heavy atom. The van der Waals surface area contributed by atoms with Crippen LogP contribution in [0.25, 0.3) is 0 Å². The third-order valence-electron chi connectivity index (χ3n) is 6.04. The van der Waals surface area contributed by atoms with Crippen molar-refractivity contribution in [3.05, 3.63) is 59.2 Å². The van der Waals surface area contributed by atoms with Gasteiger partial charge in [0.25, 0.3) is 0 Å². The average molecular weight is 395 g/mol. The fourth-order valence-electron chi connectivity index (χ4n) is 4.56. The molecule has 2 aromatic carbocycles. The van der Waals surface area contributed by atoms with Gasteiger partial charge in [-0.15, -0.1) is 0 Å². The van der Waals surface area contributed by atoms with E-state index >= 15 is 0 Å². The van der Waals surface area contributed by atoms with Gasteiger partial charge in [-0.25, -0.2) is 0 Å². The van der Waals surface area contributed by atoms with E-state index in [0.717, 1.165) is 61.5 Å². The number of methoxy groups -OCH3 is 2. The lowest BCUT2D eigenvalue weighted by Gasteiger charge is -2.37. The van der Waals surface area contributed by atoms with E-state index < -0.39 is 0 Å². The monoisotopic (exact) mass is 395 g/mol. The number of Topliss-reactive ketones (excluding diaryl/α,β-unsaturated/α-hetero) is 1. The van der Waals surface area contributed by atoms with Gasteiger partial charge in [0.2, 0.25) is 0 Å². The van der Waals surface area contributed by atoms with Gasteiger partial charge < -0.3 is 14.2 Å². The lowest BCUT2D eigenvalue weighted by atomic mass is 9.84. The third kappa shape index (κ3) is 4.31. The minimum Gasteiger partial charge on any atom is -0.496 e. The van der Waals surface area contributed by atoms with Crippen molar-refractivity contribution in [3.63, 3.8) is 0 Å². The summed E-state index contributed by atoms with van der Waals surface area (Å²) in [4.78, 5) is 15.1. The normalized spacial score (nSPS) is 22.1. The number of likely N-dealkylation sites (tertiary alicyclic amines) is 1. The Morgan fingerprint density at radius 1 is 1.10 bits per heavy atom. The number of ketones is 1. The van der Waals surface area contributed by atoms with Crippen LogP contribution in [-0.4, -0.2) is 43.6 Å². The van der Waals surface area contributed by atoms with Gasteiger partial charge in [-0.05, 0) is 49.2 Å². The van der Waals surface area contributed by atoms with Gasteiger partial charge in [0, 0.05) is 32.2 Å². The first-order valence-electron chi connectivity index (χ1n) is 10.3. The molecule has 1 fully saturated rings. The summed E-state index contributed by atoms with van der Waals surface area (Å²) in [5.74, 6) is 1.81. The summed E-state index contributed by atoms with van der Waals surface area (Å²) in [5, 5.41) is 0. The van der Waals surface area contributed by atoms with E-state index in [2.05, 4.69) is 17.0 Å². The summed E-state index contributed by atoms with van der Waals surface area (Å²) in [6, 6.07) is 13.9. The molecule has 2 heterocycles. The van der Waals surface area contributed by atoms with Crippen LogP contribution in [0.4, 0.5) is 0 Å². The van der Waals surface area contributed by atoms with Gasteiger partial charge >= 0.3 is 0 Å². The Bertz CT molecular complexity index is 881. The Hall–Kier alpha value is -2.37. The molecule has 0 saturated carbocycles. The second-order valence-corrected chi connectivity index (χ2v) is 8.09. The molecule has 29 heavy (non-hydrogen) atoms. The van der Waals surface area contributed by atoms with Crippen LogP contribution < -0.4 is 9.47 Å². The van der Waals surface area contributed by atoms with Gasteiger partial charge in [0.15, 0.2) is 5.78 Å². The molecular weight excluding hydrogens is 366 g/mol. The summed E-state index contributed by atoms with van der Waals surface area (Å²) < 4.78 is 17.2. The summed E-state index contributed by atoms with van der Waals surface area (Å²) in [5.41, 5.74) is 2.68. The first-order valence-corrected chi connectivity index (χ1v) is 10.3. The van der Waals surface area contributed by atoms with Crippen LogP contribution in [0.2, 0.25) is 0 Å². The van der Waals surface area contributed by atoms with Gasteiger partial charge in [-0.2, -0.15) is 0 Å². The molecule has 0 amide bonds. The van der Waals surface area contributed by atoms with Crippen molar-refractivity contribution in [2.75, 3.05) is 27.3 Å². The number of carbonyl (C=O) groups is 1. The van der Waals surface area contributed by atoms with Crippen LogP contribution in [0.1, 0.15) is 47.2 Å². The zero-order chi connectivity index (χ0) is 20.3. The molecule has 0 aromatic heterocycles. The number of hydrogen-bond acceptors (Lipinski definition) is 5. The summed E-state index contributed by atoms with van der Waals surface area (Å²) in [6.45, 7) is 3.34. The minimum atomic E-state index is -0.360. The predicted molar refractivity (Wildman–Crippen MR) is 112 cm³/mol. The molecule has 0 aliphatic carbocycles. The Morgan fingerprint density at radius 2 is 1.97 bits per heavy atom. The summed E-state index contributed by atoms with van der Waals surface area (Å²) >= 11 is 0. The maximum Gasteiger partial charge on any atom is 0.170 e. The van der Waals surface area contributed by atoms with Gasteiger partial charge in [-0.1, -0.05) is 18.2 Å². The molecular formula is C24H29NO4. The lowest BCUT2D eigenvalue weighted by Crippen LogP contribution is -2.42. The fraction of sp³-hybridized carbons (Fsp3) is 0.458. The van der Waals surface area contributed by atoms with E-state index in [9.17, 15) is 4.79 Å². The zero-order valence-corrected chi connectivity index (χ0v) is 17.3. The molecule has 5 heteroatoms. The van der Waals surface area contributed by atoms with Gasteiger partial charge in [0.05, 0.1) is 25.7 Å². The highest BCUT2D eigenvalue weighted by molar-refractivity contribution is 6.00.